The Hall–Kier alpha value is 0.690. The molecule has 0 saturated carbocycles. The number of hydrogen-bond acceptors (Lipinski definition) is 1. The molecule has 1 unspecified atom stereocenters. The molecule has 1 aliphatic rings. The molecule has 0 aromatic rings. The van der Waals surface area contributed by atoms with E-state index in [1.807, 2.05) is 0 Å². The molecule has 1 rings (SSSR count). The van der Waals surface area contributed by atoms with E-state index in [-0.39, 0.29) is 6.10 Å². The van der Waals surface area contributed by atoms with E-state index >= 15 is 0 Å². The third kappa shape index (κ3) is 2.74. The number of rotatable bonds is 3. The summed E-state index contributed by atoms with van der Waals surface area (Å²) in [5.74, 6) is 0. The van der Waals surface area contributed by atoms with Crippen LogP contribution >= 0.6 is 19.8 Å². The van der Waals surface area contributed by atoms with Crippen LogP contribution in [0.2, 0.25) is 0 Å². The van der Waals surface area contributed by atoms with Crippen molar-refractivity contribution in [1.29, 1.82) is 0 Å². The maximum atomic E-state index is 9.24. The van der Waals surface area contributed by atoms with Crippen molar-refractivity contribution in [2.24, 2.45) is 0 Å². The molecular weight excluding hydrogens is 239 g/mol. The van der Waals surface area contributed by atoms with Gasteiger partial charge in [0.05, 0.1) is 0 Å². The zero-order valence-electron chi connectivity index (χ0n) is 6.65. The molecule has 1 aliphatic heterocycles. The van der Waals surface area contributed by atoms with Gasteiger partial charge in [0.15, 0.2) is 0 Å². The summed E-state index contributed by atoms with van der Waals surface area (Å²) >= 11 is -0.566. The molecule has 1 saturated heterocycles. The average molecular weight is 256 g/mol. The molecular formula is C8H17IO. The summed E-state index contributed by atoms with van der Waals surface area (Å²) in [6.07, 6.45) is 3.97. The molecule has 0 radical (unpaired) electrons. The Morgan fingerprint density at radius 1 is 1.60 bits per heavy atom. The summed E-state index contributed by atoms with van der Waals surface area (Å²) in [6, 6.07) is 0. The Bertz CT molecular complexity index is 95.3. The molecule has 1 fully saturated rings. The van der Waals surface area contributed by atoms with Crippen molar-refractivity contribution < 1.29 is 5.11 Å². The Labute approximate surface area is 70.6 Å². The van der Waals surface area contributed by atoms with E-state index < -0.39 is 19.8 Å². The minimum atomic E-state index is -0.566. The molecule has 1 atom stereocenters. The predicted molar refractivity (Wildman–Crippen MR) is 54.2 cm³/mol. The van der Waals surface area contributed by atoms with Crippen LogP contribution in [0.15, 0.2) is 0 Å². The third-order valence-electron chi connectivity index (χ3n) is 1.86. The average Bonchev–Trinajstić information content (AvgIpc) is 2.31. The van der Waals surface area contributed by atoms with Gasteiger partial charge >= 0.3 is 70.5 Å². The van der Waals surface area contributed by atoms with Gasteiger partial charge in [-0.15, -0.1) is 0 Å². The zero-order chi connectivity index (χ0) is 7.40. The first-order valence-electron chi connectivity index (χ1n) is 4.08. The summed E-state index contributed by atoms with van der Waals surface area (Å²) in [5, 5.41) is 9.24. The second-order valence-electron chi connectivity index (χ2n) is 2.90. The van der Waals surface area contributed by atoms with Gasteiger partial charge < -0.3 is 0 Å². The number of unbranched alkanes of at least 4 members (excludes halogenated alkanes) is 1. The van der Waals surface area contributed by atoms with Crippen LogP contribution < -0.4 is 0 Å². The molecule has 2 heteroatoms. The summed E-state index contributed by atoms with van der Waals surface area (Å²) in [6.45, 7) is 2.25. The molecule has 1 heterocycles. The first kappa shape index (κ1) is 8.78. The minimum absolute atomic E-state index is 0.0991. The van der Waals surface area contributed by atoms with Crippen molar-refractivity contribution in [2.45, 2.75) is 32.3 Å². The van der Waals surface area contributed by atoms with Crippen molar-refractivity contribution in [3.63, 3.8) is 0 Å². The molecule has 1 N–H and O–H groups in total. The Balaban J connectivity index is 2.06. The Morgan fingerprint density at radius 3 is 2.90 bits per heavy atom. The predicted octanol–water partition coefficient (Wildman–Crippen LogP) is 2.06. The SMILES string of the molecule is CCCCI1CCC(O)C1. The molecule has 62 valence electrons. The van der Waals surface area contributed by atoms with Crippen LogP contribution in [0, 0.1) is 0 Å². The van der Waals surface area contributed by atoms with Crippen molar-refractivity contribution in [2.75, 3.05) is 13.3 Å². The van der Waals surface area contributed by atoms with E-state index in [4.69, 9.17) is 0 Å². The van der Waals surface area contributed by atoms with Gasteiger partial charge in [0.2, 0.25) is 0 Å². The first-order valence-corrected chi connectivity index (χ1v) is 8.66. The Kier molecular flexibility index (Phi) is 3.99. The standard InChI is InChI=1S/C8H17IO/c1-2-3-5-9-6-4-8(10)7-9/h8,10H,2-7H2,1H3. The van der Waals surface area contributed by atoms with Gasteiger partial charge in [-0.05, 0) is 0 Å². The summed E-state index contributed by atoms with van der Waals surface area (Å²) in [5.41, 5.74) is 0. The normalized spacial score (nSPS) is 29.4. The van der Waals surface area contributed by atoms with Crippen molar-refractivity contribution >= 4 is 19.8 Å². The fourth-order valence-corrected chi connectivity index (χ4v) is 7.92. The second kappa shape index (κ2) is 4.54. The molecule has 0 aromatic carbocycles. The maximum absolute atomic E-state index is 9.24. The molecule has 0 aromatic heterocycles. The van der Waals surface area contributed by atoms with E-state index in [0.717, 1.165) is 6.42 Å². The first-order chi connectivity index (χ1) is 4.83. The van der Waals surface area contributed by atoms with Crippen LogP contribution in [-0.2, 0) is 0 Å². The topological polar surface area (TPSA) is 20.2 Å². The van der Waals surface area contributed by atoms with Crippen molar-refractivity contribution in [3.05, 3.63) is 0 Å². The monoisotopic (exact) mass is 256 g/mol. The molecule has 0 bridgehead atoms. The van der Waals surface area contributed by atoms with E-state index in [1.54, 1.807) is 0 Å². The fraction of sp³-hybridized carbons (Fsp3) is 1.00. The van der Waals surface area contributed by atoms with Crippen molar-refractivity contribution in [1.82, 2.24) is 0 Å². The molecule has 1 nitrogen and oxygen atoms in total. The number of alkyl halides is 3. The van der Waals surface area contributed by atoms with Gasteiger partial charge in [-0.2, -0.15) is 0 Å². The molecule has 0 amide bonds. The number of aliphatic hydroxyl groups is 1. The van der Waals surface area contributed by atoms with E-state index in [1.165, 1.54) is 26.1 Å². The molecule has 10 heavy (non-hydrogen) atoms. The quantitative estimate of drug-likeness (QED) is 0.605. The van der Waals surface area contributed by atoms with Crippen LogP contribution in [0.3, 0.4) is 0 Å². The molecule has 0 aliphatic carbocycles. The van der Waals surface area contributed by atoms with Gasteiger partial charge in [-0.1, -0.05) is 0 Å². The summed E-state index contributed by atoms with van der Waals surface area (Å²) in [7, 11) is 0. The van der Waals surface area contributed by atoms with E-state index in [0.29, 0.717) is 0 Å². The Morgan fingerprint density at radius 2 is 2.40 bits per heavy atom. The molecule has 0 spiro atoms. The van der Waals surface area contributed by atoms with Gasteiger partial charge in [0.25, 0.3) is 0 Å². The summed E-state index contributed by atoms with van der Waals surface area (Å²) < 4.78 is 4.15. The van der Waals surface area contributed by atoms with Gasteiger partial charge in [0, 0.05) is 0 Å². The van der Waals surface area contributed by atoms with Crippen LogP contribution in [0.4, 0.5) is 0 Å². The van der Waals surface area contributed by atoms with Crippen molar-refractivity contribution in [3.8, 4) is 0 Å². The fourth-order valence-electron chi connectivity index (χ4n) is 1.18. The van der Waals surface area contributed by atoms with Crippen LogP contribution in [0.5, 0.6) is 0 Å². The van der Waals surface area contributed by atoms with Crippen LogP contribution in [-0.4, -0.2) is 24.5 Å². The van der Waals surface area contributed by atoms with Crippen LogP contribution in [0.25, 0.3) is 0 Å². The second-order valence-corrected chi connectivity index (χ2v) is 9.17. The number of halogens is 1. The van der Waals surface area contributed by atoms with Gasteiger partial charge in [0.1, 0.15) is 0 Å². The van der Waals surface area contributed by atoms with Gasteiger partial charge in [-0.3, -0.25) is 0 Å². The van der Waals surface area contributed by atoms with Gasteiger partial charge in [-0.25, -0.2) is 0 Å². The zero-order valence-corrected chi connectivity index (χ0v) is 8.80. The third-order valence-corrected chi connectivity index (χ3v) is 8.56. The number of hydrogen-bond donors (Lipinski definition) is 1. The van der Waals surface area contributed by atoms with E-state index in [2.05, 4.69) is 6.92 Å². The summed E-state index contributed by atoms with van der Waals surface area (Å²) in [4.78, 5) is 0. The number of aliphatic hydroxyl groups excluding tert-OH is 1. The van der Waals surface area contributed by atoms with E-state index in [9.17, 15) is 5.11 Å². The van der Waals surface area contributed by atoms with Crippen LogP contribution in [0.1, 0.15) is 26.2 Å².